The fourth-order valence-corrected chi connectivity index (χ4v) is 2.19. The molecule has 1 aromatic heterocycles. The number of aromatic nitrogens is 2. The van der Waals surface area contributed by atoms with Gasteiger partial charge in [0.1, 0.15) is 0 Å². The highest BCUT2D eigenvalue weighted by Gasteiger charge is 2.24. The highest BCUT2D eigenvalue weighted by Crippen LogP contribution is 2.30. The van der Waals surface area contributed by atoms with E-state index in [0.29, 0.717) is 4.68 Å². The molecule has 21 heavy (non-hydrogen) atoms. The van der Waals surface area contributed by atoms with Crippen molar-refractivity contribution < 1.29 is 23.2 Å². The number of hydrogen-bond donors (Lipinski definition) is 1. The number of anilines is 1. The minimum absolute atomic E-state index is 0.0543. The quantitative estimate of drug-likeness (QED) is 0.655. The van der Waals surface area contributed by atoms with Crippen LogP contribution in [0.15, 0.2) is 18.2 Å². The zero-order valence-electron chi connectivity index (χ0n) is 10.9. The fraction of sp³-hybridized carbons (Fsp3) is 0.200. The standard InChI is InChI=1S/C10H10N4O6S/c1-12(21(2,19)20)9-7-5-6(14(17)18)3-4-8(7)13(11-9)10(15)16/h3-5H,1-2H3,(H,15,16). The van der Waals surface area contributed by atoms with Crippen molar-refractivity contribution in [3.05, 3.63) is 28.3 Å². The highest BCUT2D eigenvalue weighted by molar-refractivity contribution is 7.92. The van der Waals surface area contributed by atoms with Gasteiger partial charge in [-0.15, -0.1) is 5.10 Å². The Kier molecular flexibility index (Phi) is 3.29. The van der Waals surface area contributed by atoms with E-state index in [4.69, 9.17) is 5.11 Å². The maximum atomic E-state index is 11.6. The number of rotatable bonds is 3. The van der Waals surface area contributed by atoms with Crippen LogP contribution in [-0.2, 0) is 10.0 Å². The van der Waals surface area contributed by atoms with Crippen LogP contribution in [0, 0.1) is 10.1 Å². The molecular weight excluding hydrogens is 304 g/mol. The molecule has 0 aliphatic heterocycles. The molecule has 1 aromatic carbocycles. The van der Waals surface area contributed by atoms with Crippen molar-refractivity contribution in [2.75, 3.05) is 17.6 Å². The van der Waals surface area contributed by atoms with Crippen molar-refractivity contribution in [2.24, 2.45) is 0 Å². The molecule has 2 rings (SSSR count). The van der Waals surface area contributed by atoms with Gasteiger partial charge in [-0.1, -0.05) is 0 Å². The van der Waals surface area contributed by atoms with Gasteiger partial charge < -0.3 is 5.11 Å². The highest BCUT2D eigenvalue weighted by atomic mass is 32.2. The first-order valence-corrected chi connectivity index (χ1v) is 7.32. The average molecular weight is 314 g/mol. The number of benzene rings is 1. The lowest BCUT2D eigenvalue weighted by molar-refractivity contribution is -0.384. The van der Waals surface area contributed by atoms with Crippen LogP contribution in [0.2, 0.25) is 0 Å². The summed E-state index contributed by atoms with van der Waals surface area (Å²) < 4.78 is 24.5. The molecule has 0 aliphatic rings. The van der Waals surface area contributed by atoms with E-state index >= 15 is 0 Å². The van der Waals surface area contributed by atoms with Gasteiger partial charge in [0.2, 0.25) is 10.0 Å². The topological polar surface area (TPSA) is 136 Å². The Morgan fingerprint density at radius 1 is 1.48 bits per heavy atom. The molecule has 0 saturated carbocycles. The average Bonchev–Trinajstić information content (AvgIpc) is 2.75. The summed E-state index contributed by atoms with van der Waals surface area (Å²) in [6.45, 7) is 0. The molecule has 11 heteroatoms. The van der Waals surface area contributed by atoms with Crippen LogP contribution in [0.4, 0.5) is 16.3 Å². The van der Waals surface area contributed by atoms with Crippen LogP contribution in [0.3, 0.4) is 0 Å². The largest absolute Gasteiger partial charge is 0.463 e. The lowest BCUT2D eigenvalue weighted by Gasteiger charge is -2.13. The number of fused-ring (bicyclic) bond motifs is 1. The molecule has 0 spiro atoms. The van der Waals surface area contributed by atoms with Crippen molar-refractivity contribution in [2.45, 2.75) is 0 Å². The summed E-state index contributed by atoms with van der Waals surface area (Å²) in [7, 11) is -2.52. The van der Waals surface area contributed by atoms with Crippen LogP contribution in [0.5, 0.6) is 0 Å². The third-order valence-electron chi connectivity index (χ3n) is 2.83. The Bertz CT molecular complexity index is 856. The van der Waals surface area contributed by atoms with Gasteiger partial charge >= 0.3 is 6.09 Å². The van der Waals surface area contributed by atoms with Crippen molar-refractivity contribution >= 4 is 38.5 Å². The predicted octanol–water partition coefficient (Wildman–Crippen LogP) is 0.866. The molecule has 0 amide bonds. The van der Waals surface area contributed by atoms with Gasteiger partial charge in [-0.2, -0.15) is 4.68 Å². The molecular formula is C10H10N4O6S. The summed E-state index contributed by atoms with van der Waals surface area (Å²) in [5.41, 5.74) is -0.241. The van der Waals surface area contributed by atoms with Crippen LogP contribution in [0.25, 0.3) is 10.9 Å². The minimum atomic E-state index is -3.70. The summed E-state index contributed by atoms with van der Waals surface area (Å²) in [5, 5.41) is 23.6. The second-order valence-electron chi connectivity index (χ2n) is 4.21. The molecule has 0 aliphatic carbocycles. The smallest absolute Gasteiger partial charge is 0.432 e. The number of sulfonamides is 1. The van der Waals surface area contributed by atoms with Crippen LogP contribution >= 0.6 is 0 Å². The van der Waals surface area contributed by atoms with E-state index in [1.165, 1.54) is 13.1 Å². The molecule has 0 unspecified atom stereocenters. The Hall–Kier alpha value is -2.69. The van der Waals surface area contributed by atoms with Crippen LogP contribution < -0.4 is 4.31 Å². The minimum Gasteiger partial charge on any atom is -0.463 e. The van der Waals surface area contributed by atoms with E-state index in [1.807, 2.05) is 0 Å². The van der Waals surface area contributed by atoms with Gasteiger partial charge in [-0.3, -0.25) is 14.4 Å². The summed E-state index contributed by atoms with van der Waals surface area (Å²) in [6, 6.07) is 3.40. The zero-order valence-corrected chi connectivity index (χ0v) is 11.7. The Labute approximate surface area is 118 Å². The molecule has 1 N–H and O–H groups in total. The SMILES string of the molecule is CN(c1nn(C(=O)O)c2ccc([N+](=O)[O-])cc12)S(C)(=O)=O. The number of carbonyl (C=O) groups is 1. The lowest BCUT2D eigenvalue weighted by atomic mass is 10.2. The third kappa shape index (κ3) is 2.50. The van der Waals surface area contributed by atoms with Crippen LogP contribution in [0.1, 0.15) is 0 Å². The second-order valence-corrected chi connectivity index (χ2v) is 6.22. The first-order valence-electron chi connectivity index (χ1n) is 5.47. The molecule has 0 radical (unpaired) electrons. The predicted molar refractivity (Wildman–Crippen MR) is 73.1 cm³/mol. The number of nitro benzene ring substituents is 1. The first kappa shape index (κ1) is 14.7. The molecule has 1 heterocycles. The molecule has 0 bridgehead atoms. The van der Waals surface area contributed by atoms with Gasteiger partial charge in [0.15, 0.2) is 5.82 Å². The number of non-ortho nitro benzene ring substituents is 1. The molecule has 0 saturated heterocycles. The van der Waals surface area contributed by atoms with E-state index < -0.39 is 21.0 Å². The van der Waals surface area contributed by atoms with Gasteiger partial charge in [-0.05, 0) is 6.07 Å². The van der Waals surface area contributed by atoms with Gasteiger partial charge in [0.05, 0.1) is 22.1 Å². The number of nitrogens with zero attached hydrogens (tertiary/aromatic N) is 4. The summed E-state index contributed by atoms with van der Waals surface area (Å²) in [5.74, 6) is -0.196. The van der Waals surface area contributed by atoms with Gasteiger partial charge in [0.25, 0.3) is 5.69 Å². The maximum absolute atomic E-state index is 11.6. The third-order valence-corrected chi connectivity index (χ3v) is 4.00. The Morgan fingerprint density at radius 3 is 2.57 bits per heavy atom. The van der Waals surface area contributed by atoms with Gasteiger partial charge in [-0.25, -0.2) is 13.2 Å². The molecule has 112 valence electrons. The van der Waals surface area contributed by atoms with E-state index in [9.17, 15) is 23.3 Å². The fourth-order valence-electron chi connectivity index (χ4n) is 1.74. The van der Waals surface area contributed by atoms with Crippen molar-refractivity contribution in [1.29, 1.82) is 0 Å². The summed E-state index contributed by atoms with van der Waals surface area (Å²) in [4.78, 5) is 21.2. The second kappa shape index (κ2) is 4.70. The Balaban J connectivity index is 2.83. The zero-order chi connectivity index (χ0) is 15.9. The summed E-state index contributed by atoms with van der Waals surface area (Å²) >= 11 is 0. The monoisotopic (exact) mass is 314 g/mol. The molecule has 0 atom stereocenters. The number of hydrogen-bond acceptors (Lipinski definition) is 6. The van der Waals surface area contributed by atoms with Crippen molar-refractivity contribution in [3.8, 4) is 0 Å². The molecule has 0 fully saturated rings. The first-order chi connectivity index (χ1) is 9.62. The van der Waals surface area contributed by atoms with Gasteiger partial charge in [0, 0.05) is 19.2 Å². The number of carboxylic acid groups (broad SMARTS) is 1. The van der Waals surface area contributed by atoms with E-state index in [0.717, 1.165) is 22.7 Å². The molecule has 2 aromatic rings. The van der Waals surface area contributed by atoms with E-state index in [-0.39, 0.29) is 22.4 Å². The maximum Gasteiger partial charge on any atom is 0.432 e. The molecule has 10 nitrogen and oxygen atoms in total. The Morgan fingerprint density at radius 2 is 2.10 bits per heavy atom. The number of nitro groups is 1. The van der Waals surface area contributed by atoms with Crippen molar-refractivity contribution in [3.63, 3.8) is 0 Å². The van der Waals surface area contributed by atoms with E-state index in [1.54, 1.807) is 0 Å². The normalized spacial score (nSPS) is 11.5. The lowest BCUT2D eigenvalue weighted by Crippen LogP contribution is -2.25. The summed E-state index contributed by atoms with van der Waals surface area (Å²) in [6.07, 6.45) is -0.516. The van der Waals surface area contributed by atoms with Crippen molar-refractivity contribution in [1.82, 2.24) is 9.78 Å². The van der Waals surface area contributed by atoms with Crippen LogP contribution in [-0.4, -0.2) is 47.6 Å². The van der Waals surface area contributed by atoms with E-state index in [2.05, 4.69) is 5.10 Å².